The average molecular weight is 548 g/mol. The fourth-order valence-electron chi connectivity index (χ4n) is 5.42. The predicted molar refractivity (Wildman–Crippen MR) is 161 cm³/mol. The lowest BCUT2D eigenvalue weighted by Crippen LogP contribution is -2.33. The number of carbonyl (C=O) groups excluding carboxylic acids is 1. The second-order valence-corrected chi connectivity index (χ2v) is 10.4. The minimum absolute atomic E-state index is 0.135. The fourth-order valence-corrected chi connectivity index (χ4v) is 5.42. The molecule has 0 spiro atoms. The Balaban J connectivity index is 1.30. The number of benzene rings is 4. The van der Waals surface area contributed by atoms with Crippen LogP contribution in [-0.4, -0.2) is 49.1 Å². The number of hydrogen-bond donors (Lipinski definition) is 1. The molecule has 1 saturated heterocycles. The predicted octanol–water partition coefficient (Wildman–Crippen LogP) is 7.58. The van der Waals surface area contributed by atoms with Crippen molar-refractivity contribution in [1.82, 2.24) is 4.90 Å². The molecule has 0 radical (unpaired) electrons. The summed E-state index contributed by atoms with van der Waals surface area (Å²) >= 11 is 0. The number of furan rings is 1. The molecular weight excluding hydrogens is 514 g/mol. The molecule has 0 bridgehead atoms. The lowest BCUT2D eigenvalue weighted by Gasteiger charge is -2.26. The SMILES string of the molecule is COc1ccc(-c2ccc3c(C(=O)c4ccc(OCCN5CCCCC5)cc4)c(-c4ccc(O)cc4)oc3c2)cc1. The van der Waals surface area contributed by atoms with Crippen LogP contribution in [0.2, 0.25) is 0 Å². The molecule has 1 fully saturated rings. The Bertz CT molecular complexity index is 1630. The van der Waals surface area contributed by atoms with Gasteiger partial charge in [-0.05, 0) is 110 Å². The first-order chi connectivity index (χ1) is 20.1. The molecule has 0 unspecified atom stereocenters. The average Bonchev–Trinajstić information content (AvgIpc) is 3.41. The Labute approximate surface area is 239 Å². The number of ketones is 1. The molecule has 208 valence electrons. The van der Waals surface area contributed by atoms with Gasteiger partial charge in [0.25, 0.3) is 0 Å². The van der Waals surface area contributed by atoms with Gasteiger partial charge in [-0.1, -0.05) is 24.6 Å². The number of phenols is 1. The molecule has 41 heavy (non-hydrogen) atoms. The van der Waals surface area contributed by atoms with E-state index in [-0.39, 0.29) is 11.5 Å². The number of ether oxygens (including phenoxy) is 2. The number of rotatable bonds is 9. The molecule has 0 aliphatic carbocycles. The van der Waals surface area contributed by atoms with E-state index in [9.17, 15) is 9.90 Å². The molecule has 1 aromatic heterocycles. The number of phenolic OH excluding ortho intramolecular Hbond substituents is 1. The van der Waals surface area contributed by atoms with Crippen LogP contribution in [0.1, 0.15) is 35.2 Å². The molecule has 0 atom stereocenters. The maximum Gasteiger partial charge on any atom is 0.197 e. The van der Waals surface area contributed by atoms with E-state index in [2.05, 4.69) is 4.90 Å². The van der Waals surface area contributed by atoms with E-state index in [1.807, 2.05) is 66.7 Å². The van der Waals surface area contributed by atoms with Gasteiger partial charge in [0.2, 0.25) is 0 Å². The maximum absolute atomic E-state index is 14.0. The highest BCUT2D eigenvalue weighted by Crippen LogP contribution is 2.38. The van der Waals surface area contributed by atoms with Crippen molar-refractivity contribution in [2.75, 3.05) is 33.4 Å². The van der Waals surface area contributed by atoms with Crippen LogP contribution >= 0.6 is 0 Å². The number of methoxy groups -OCH3 is 1. The molecule has 0 amide bonds. The molecule has 1 aliphatic heterocycles. The van der Waals surface area contributed by atoms with Gasteiger partial charge in [0.05, 0.1) is 12.7 Å². The van der Waals surface area contributed by atoms with Gasteiger partial charge in [0.15, 0.2) is 5.78 Å². The zero-order valence-corrected chi connectivity index (χ0v) is 23.1. The van der Waals surface area contributed by atoms with Gasteiger partial charge in [-0.25, -0.2) is 0 Å². The van der Waals surface area contributed by atoms with E-state index in [0.29, 0.717) is 34.6 Å². The van der Waals surface area contributed by atoms with Crippen LogP contribution in [0.25, 0.3) is 33.4 Å². The van der Waals surface area contributed by atoms with Crippen LogP contribution in [0, 0.1) is 0 Å². The van der Waals surface area contributed by atoms with E-state index in [0.717, 1.165) is 47.6 Å². The highest BCUT2D eigenvalue weighted by molar-refractivity contribution is 6.19. The first kappa shape index (κ1) is 26.7. The van der Waals surface area contributed by atoms with Crippen molar-refractivity contribution in [1.29, 1.82) is 0 Å². The van der Waals surface area contributed by atoms with Gasteiger partial charge in [0, 0.05) is 23.1 Å². The number of fused-ring (bicyclic) bond motifs is 1. The zero-order chi connectivity index (χ0) is 28.2. The topological polar surface area (TPSA) is 72.1 Å². The first-order valence-electron chi connectivity index (χ1n) is 14.1. The molecule has 4 aromatic carbocycles. The van der Waals surface area contributed by atoms with Crippen LogP contribution < -0.4 is 9.47 Å². The van der Waals surface area contributed by atoms with Crippen molar-refractivity contribution in [3.63, 3.8) is 0 Å². The van der Waals surface area contributed by atoms with Crippen LogP contribution in [0.5, 0.6) is 17.2 Å². The molecule has 6 rings (SSSR count). The smallest absolute Gasteiger partial charge is 0.197 e. The Kier molecular flexibility index (Phi) is 7.74. The van der Waals surface area contributed by atoms with Crippen molar-refractivity contribution in [2.24, 2.45) is 0 Å². The molecule has 1 N–H and O–H groups in total. The van der Waals surface area contributed by atoms with Crippen molar-refractivity contribution in [3.05, 3.63) is 102 Å². The first-order valence-corrected chi connectivity index (χ1v) is 14.1. The highest BCUT2D eigenvalue weighted by Gasteiger charge is 2.24. The summed E-state index contributed by atoms with van der Waals surface area (Å²) < 4.78 is 17.6. The third-order valence-corrected chi connectivity index (χ3v) is 7.71. The van der Waals surface area contributed by atoms with Gasteiger partial charge in [-0.3, -0.25) is 9.69 Å². The summed E-state index contributed by atoms with van der Waals surface area (Å²) in [4.78, 5) is 16.4. The quantitative estimate of drug-likeness (QED) is 0.192. The maximum atomic E-state index is 14.0. The summed E-state index contributed by atoms with van der Waals surface area (Å²) in [6, 6.07) is 27.7. The molecular formula is C35H33NO5. The Hall–Kier alpha value is -4.55. The minimum atomic E-state index is -0.135. The summed E-state index contributed by atoms with van der Waals surface area (Å²) in [5.74, 6) is 2.02. The summed E-state index contributed by atoms with van der Waals surface area (Å²) in [6.45, 7) is 3.82. The van der Waals surface area contributed by atoms with Gasteiger partial charge in [-0.15, -0.1) is 0 Å². The molecule has 0 saturated carbocycles. The van der Waals surface area contributed by atoms with Crippen LogP contribution in [0.15, 0.2) is 95.4 Å². The second-order valence-electron chi connectivity index (χ2n) is 10.4. The van der Waals surface area contributed by atoms with E-state index >= 15 is 0 Å². The van der Waals surface area contributed by atoms with E-state index in [4.69, 9.17) is 13.9 Å². The number of likely N-dealkylation sites (tertiary alicyclic amines) is 1. The fraction of sp³-hybridized carbons (Fsp3) is 0.229. The monoisotopic (exact) mass is 547 g/mol. The lowest BCUT2D eigenvalue weighted by atomic mass is 9.96. The summed E-state index contributed by atoms with van der Waals surface area (Å²) in [6.07, 6.45) is 3.83. The van der Waals surface area contributed by atoms with E-state index in [1.165, 1.54) is 19.3 Å². The summed E-state index contributed by atoms with van der Waals surface area (Å²) in [5.41, 5.74) is 4.35. The van der Waals surface area contributed by atoms with Crippen molar-refractivity contribution >= 4 is 16.8 Å². The van der Waals surface area contributed by atoms with Crippen LogP contribution in [-0.2, 0) is 0 Å². The van der Waals surface area contributed by atoms with Gasteiger partial charge in [0.1, 0.15) is 35.2 Å². The van der Waals surface area contributed by atoms with E-state index < -0.39 is 0 Å². The zero-order valence-electron chi connectivity index (χ0n) is 23.1. The Morgan fingerprint density at radius 2 is 1.46 bits per heavy atom. The molecule has 1 aliphatic rings. The number of carbonyl (C=O) groups is 1. The number of hydrogen-bond acceptors (Lipinski definition) is 6. The number of piperidine rings is 1. The second kappa shape index (κ2) is 11.9. The summed E-state index contributed by atoms with van der Waals surface area (Å²) in [5, 5.41) is 10.6. The third-order valence-electron chi connectivity index (χ3n) is 7.71. The van der Waals surface area contributed by atoms with E-state index in [1.54, 1.807) is 31.4 Å². The number of nitrogens with zero attached hydrogens (tertiary/aromatic N) is 1. The highest BCUT2D eigenvalue weighted by atomic mass is 16.5. The van der Waals surface area contributed by atoms with Crippen molar-refractivity contribution < 1.29 is 23.8 Å². The third kappa shape index (κ3) is 5.83. The number of aromatic hydroxyl groups is 1. The van der Waals surface area contributed by atoms with Gasteiger partial charge >= 0.3 is 0 Å². The Morgan fingerprint density at radius 1 is 0.805 bits per heavy atom. The van der Waals surface area contributed by atoms with Crippen molar-refractivity contribution in [3.8, 4) is 39.7 Å². The molecule has 6 nitrogen and oxygen atoms in total. The van der Waals surface area contributed by atoms with Crippen LogP contribution in [0.3, 0.4) is 0 Å². The Morgan fingerprint density at radius 3 is 2.17 bits per heavy atom. The summed E-state index contributed by atoms with van der Waals surface area (Å²) in [7, 11) is 1.64. The van der Waals surface area contributed by atoms with Crippen LogP contribution in [0.4, 0.5) is 0 Å². The lowest BCUT2D eigenvalue weighted by molar-refractivity contribution is 0.104. The standard InChI is InChI=1S/C35H33NO5/c1-39-29-14-7-24(8-15-29)27-11-18-31-32(23-27)41-35(26-5-12-28(37)13-6-26)33(31)34(38)25-9-16-30(17-10-25)40-22-21-36-19-3-2-4-20-36/h5-18,23,37H,2-4,19-22H2,1H3. The van der Waals surface area contributed by atoms with Gasteiger partial charge < -0.3 is 19.0 Å². The normalized spacial score (nSPS) is 13.8. The molecule has 2 heterocycles. The molecule has 6 heteroatoms. The minimum Gasteiger partial charge on any atom is -0.508 e. The molecule has 5 aromatic rings. The van der Waals surface area contributed by atoms with Crippen molar-refractivity contribution in [2.45, 2.75) is 19.3 Å². The largest absolute Gasteiger partial charge is 0.508 e. The van der Waals surface area contributed by atoms with Gasteiger partial charge in [-0.2, -0.15) is 0 Å².